The number of anilines is 1. The van der Waals surface area contributed by atoms with Gasteiger partial charge in [-0.3, -0.25) is 4.79 Å². The lowest BCUT2D eigenvalue weighted by Crippen LogP contribution is -2.13. The van der Waals surface area contributed by atoms with E-state index in [0.29, 0.717) is 5.69 Å². The quantitative estimate of drug-likeness (QED) is 0.913. The van der Waals surface area contributed by atoms with Crippen LogP contribution in [0.1, 0.15) is 15.9 Å². The van der Waals surface area contributed by atoms with Gasteiger partial charge in [0.1, 0.15) is 0 Å². The van der Waals surface area contributed by atoms with Crippen LogP contribution < -0.4 is 5.32 Å². The monoisotopic (exact) mass is 297 g/mol. The molecule has 0 spiro atoms. The average molecular weight is 298 g/mol. The second kappa shape index (κ2) is 5.97. The van der Waals surface area contributed by atoms with Gasteiger partial charge >= 0.3 is 0 Å². The Hall–Kier alpha value is -1.69. The Balaban J connectivity index is 2.18. The van der Waals surface area contributed by atoms with Gasteiger partial charge in [-0.05, 0) is 23.8 Å². The molecule has 0 aliphatic rings. The maximum Gasteiger partial charge on any atom is 0.258 e. The summed E-state index contributed by atoms with van der Waals surface area (Å²) in [6.07, 6.45) is 0. The van der Waals surface area contributed by atoms with Crippen LogP contribution in [0.15, 0.2) is 30.3 Å². The number of hydrogen-bond acceptors (Lipinski definition) is 4. The van der Waals surface area contributed by atoms with Crippen molar-refractivity contribution < 1.29 is 9.90 Å². The highest BCUT2D eigenvalue weighted by Crippen LogP contribution is 2.17. The molecular weight excluding hydrogens is 289 g/mol. The number of benzene rings is 1. The van der Waals surface area contributed by atoms with Crippen LogP contribution in [0.25, 0.3) is 0 Å². The van der Waals surface area contributed by atoms with Gasteiger partial charge < -0.3 is 10.4 Å². The molecule has 0 radical (unpaired) electrons. The third-order valence-electron chi connectivity index (χ3n) is 2.36. The first-order chi connectivity index (χ1) is 9.10. The molecule has 1 amide bonds. The summed E-state index contributed by atoms with van der Waals surface area (Å²) in [7, 11) is 0. The van der Waals surface area contributed by atoms with Crippen LogP contribution in [0.4, 0.5) is 5.69 Å². The second-order valence-electron chi connectivity index (χ2n) is 3.68. The van der Waals surface area contributed by atoms with E-state index in [9.17, 15) is 4.79 Å². The van der Waals surface area contributed by atoms with Crippen LogP contribution in [0, 0.1) is 0 Å². The molecule has 0 saturated carbocycles. The number of carbonyl (C=O) groups excluding carboxylic acids is 1. The number of nitrogens with zero attached hydrogens (tertiary/aromatic N) is 2. The van der Waals surface area contributed by atoms with Crippen LogP contribution in [0.2, 0.25) is 10.3 Å². The van der Waals surface area contributed by atoms with Crippen molar-refractivity contribution in [1.82, 2.24) is 10.2 Å². The molecule has 0 atom stereocenters. The maximum atomic E-state index is 12.0. The predicted octanol–water partition coefficient (Wildman–Crippen LogP) is 2.53. The number of aromatic nitrogens is 2. The summed E-state index contributed by atoms with van der Waals surface area (Å²) in [5.74, 6) is -0.432. The van der Waals surface area contributed by atoms with Crippen molar-refractivity contribution in [2.24, 2.45) is 0 Å². The Bertz CT molecular complexity index is 602. The summed E-state index contributed by atoms with van der Waals surface area (Å²) < 4.78 is 0. The molecule has 2 aromatic rings. The van der Waals surface area contributed by atoms with Gasteiger partial charge in [-0.15, -0.1) is 10.2 Å². The van der Waals surface area contributed by atoms with Crippen molar-refractivity contribution in [3.63, 3.8) is 0 Å². The number of carbonyl (C=O) groups is 1. The molecule has 1 heterocycles. The van der Waals surface area contributed by atoms with Gasteiger partial charge in [0.15, 0.2) is 10.3 Å². The first-order valence-electron chi connectivity index (χ1n) is 5.30. The van der Waals surface area contributed by atoms with Crippen molar-refractivity contribution >= 4 is 34.8 Å². The highest BCUT2D eigenvalue weighted by atomic mass is 35.5. The molecule has 1 aromatic heterocycles. The second-order valence-corrected chi connectivity index (χ2v) is 4.43. The summed E-state index contributed by atoms with van der Waals surface area (Å²) in [5, 5.41) is 18.7. The molecular formula is C12H9Cl2N3O2. The third kappa shape index (κ3) is 3.41. The minimum atomic E-state index is -0.432. The summed E-state index contributed by atoms with van der Waals surface area (Å²) in [6.45, 7) is -0.0516. The Morgan fingerprint density at radius 2 is 1.89 bits per heavy atom. The summed E-state index contributed by atoms with van der Waals surface area (Å²) in [6, 6.07) is 8.10. The molecule has 0 unspecified atom stereocenters. The minimum absolute atomic E-state index is 0.0196. The lowest BCUT2D eigenvalue weighted by molar-refractivity contribution is 0.102. The molecule has 0 fully saturated rings. The van der Waals surface area contributed by atoms with Crippen molar-refractivity contribution in [3.8, 4) is 0 Å². The van der Waals surface area contributed by atoms with E-state index in [4.69, 9.17) is 28.3 Å². The fraction of sp³-hybridized carbons (Fsp3) is 0.0833. The standard InChI is InChI=1S/C12H9Cl2N3O2/c13-10-5-9(11(14)17-16-10)12(19)15-8-3-1-7(6-18)2-4-8/h1-5,18H,6H2,(H,15,19). The molecule has 5 nitrogen and oxygen atoms in total. The molecule has 0 bridgehead atoms. The van der Waals surface area contributed by atoms with Gasteiger partial charge in [0.2, 0.25) is 0 Å². The maximum absolute atomic E-state index is 12.0. The fourth-order valence-electron chi connectivity index (χ4n) is 1.40. The molecule has 2 rings (SSSR count). The normalized spacial score (nSPS) is 10.3. The van der Waals surface area contributed by atoms with Gasteiger partial charge in [0, 0.05) is 5.69 Å². The van der Waals surface area contributed by atoms with Crippen molar-refractivity contribution in [2.75, 3.05) is 5.32 Å². The summed E-state index contributed by atoms with van der Waals surface area (Å²) >= 11 is 11.4. The summed E-state index contributed by atoms with van der Waals surface area (Å²) in [5.41, 5.74) is 1.48. The van der Waals surface area contributed by atoms with Crippen LogP contribution in [-0.2, 0) is 6.61 Å². The number of amides is 1. The molecule has 19 heavy (non-hydrogen) atoms. The van der Waals surface area contributed by atoms with E-state index < -0.39 is 5.91 Å². The molecule has 98 valence electrons. The highest BCUT2D eigenvalue weighted by Gasteiger charge is 2.13. The van der Waals surface area contributed by atoms with Gasteiger partial charge in [-0.25, -0.2) is 0 Å². The number of nitrogens with one attached hydrogen (secondary N) is 1. The Morgan fingerprint density at radius 1 is 1.21 bits per heavy atom. The summed E-state index contributed by atoms with van der Waals surface area (Å²) in [4.78, 5) is 12.0. The number of aliphatic hydroxyl groups excluding tert-OH is 1. The first kappa shape index (κ1) is 13.7. The van der Waals surface area contributed by atoms with Gasteiger partial charge in [0.25, 0.3) is 5.91 Å². The van der Waals surface area contributed by atoms with Crippen molar-refractivity contribution in [1.29, 1.82) is 0 Å². The van der Waals surface area contributed by atoms with Crippen LogP contribution in [0.3, 0.4) is 0 Å². The molecule has 2 N–H and O–H groups in total. The smallest absolute Gasteiger partial charge is 0.258 e. The SMILES string of the molecule is O=C(Nc1ccc(CO)cc1)c1cc(Cl)nnc1Cl. The zero-order valence-corrected chi connectivity index (χ0v) is 11.1. The van der Waals surface area contributed by atoms with Gasteiger partial charge in [-0.1, -0.05) is 35.3 Å². The zero-order valence-electron chi connectivity index (χ0n) is 9.60. The van der Waals surface area contributed by atoms with E-state index in [2.05, 4.69) is 15.5 Å². The molecule has 0 aliphatic carbocycles. The molecule has 0 aliphatic heterocycles. The van der Waals surface area contributed by atoms with E-state index in [1.807, 2.05) is 0 Å². The van der Waals surface area contributed by atoms with E-state index in [0.717, 1.165) is 5.56 Å². The number of rotatable bonds is 3. The minimum Gasteiger partial charge on any atom is -0.392 e. The molecule has 1 aromatic carbocycles. The van der Waals surface area contributed by atoms with Crippen molar-refractivity contribution in [2.45, 2.75) is 6.61 Å². The Morgan fingerprint density at radius 3 is 2.53 bits per heavy atom. The largest absolute Gasteiger partial charge is 0.392 e. The fourth-order valence-corrected chi connectivity index (χ4v) is 1.73. The van der Waals surface area contributed by atoms with E-state index in [-0.39, 0.29) is 22.5 Å². The third-order valence-corrected chi connectivity index (χ3v) is 2.82. The lowest BCUT2D eigenvalue weighted by atomic mass is 10.2. The lowest BCUT2D eigenvalue weighted by Gasteiger charge is -2.06. The highest BCUT2D eigenvalue weighted by molar-refractivity contribution is 6.34. The Kier molecular flexibility index (Phi) is 4.31. The Labute approximate surface area is 119 Å². The van der Waals surface area contributed by atoms with E-state index in [1.54, 1.807) is 24.3 Å². The van der Waals surface area contributed by atoms with Crippen LogP contribution in [0.5, 0.6) is 0 Å². The molecule has 7 heteroatoms. The van der Waals surface area contributed by atoms with Crippen LogP contribution in [-0.4, -0.2) is 21.2 Å². The number of hydrogen-bond donors (Lipinski definition) is 2. The zero-order chi connectivity index (χ0) is 13.8. The predicted molar refractivity (Wildman–Crippen MR) is 72.4 cm³/mol. The van der Waals surface area contributed by atoms with Gasteiger partial charge in [0.05, 0.1) is 12.2 Å². The number of aliphatic hydroxyl groups is 1. The number of halogens is 2. The first-order valence-corrected chi connectivity index (χ1v) is 6.05. The molecule has 0 saturated heterocycles. The van der Waals surface area contributed by atoms with Crippen LogP contribution >= 0.6 is 23.2 Å². The van der Waals surface area contributed by atoms with Gasteiger partial charge in [-0.2, -0.15) is 0 Å². The van der Waals surface area contributed by atoms with Crippen molar-refractivity contribution in [3.05, 3.63) is 51.8 Å². The average Bonchev–Trinajstić information content (AvgIpc) is 2.42. The van der Waals surface area contributed by atoms with E-state index >= 15 is 0 Å². The topological polar surface area (TPSA) is 75.1 Å². The van der Waals surface area contributed by atoms with E-state index in [1.165, 1.54) is 6.07 Å².